The molecule has 1 aromatic carbocycles. The molecule has 2 rings (SSSR count). The van der Waals surface area contributed by atoms with Gasteiger partial charge in [-0.1, -0.05) is 0 Å². The van der Waals surface area contributed by atoms with Crippen LogP contribution in [0.5, 0.6) is 11.5 Å². The number of halogens is 1. The van der Waals surface area contributed by atoms with Crippen LogP contribution >= 0.6 is 12.4 Å². The molecule has 1 aromatic rings. The van der Waals surface area contributed by atoms with Crippen LogP contribution in [-0.4, -0.2) is 44.2 Å². The maximum atomic E-state index is 12.6. The second kappa shape index (κ2) is 7.36. The zero-order chi connectivity index (χ0) is 13.8. The summed E-state index contributed by atoms with van der Waals surface area (Å²) < 4.78 is 10.4. The van der Waals surface area contributed by atoms with Crippen molar-refractivity contribution in [3.05, 3.63) is 23.8 Å². The summed E-state index contributed by atoms with van der Waals surface area (Å²) in [6.45, 7) is 1.25. The highest BCUT2D eigenvalue weighted by Gasteiger charge is 2.30. The molecule has 0 radical (unpaired) electrons. The fraction of sp³-hybridized carbons (Fsp3) is 0.500. The van der Waals surface area contributed by atoms with Gasteiger partial charge in [-0.05, 0) is 31.0 Å². The Morgan fingerprint density at radius 1 is 1.40 bits per heavy atom. The van der Waals surface area contributed by atoms with E-state index in [-0.39, 0.29) is 24.4 Å². The minimum Gasteiger partial charge on any atom is -0.497 e. The number of methoxy groups -OCH3 is 2. The molecule has 0 aliphatic carbocycles. The summed E-state index contributed by atoms with van der Waals surface area (Å²) in [5, 5.41) is 0. The van der Waals surface area contributed by atoms with E-state index < -0.39 is 0 Å². The first kappa shape index (κ1) is 16.6. The first-order valence-electron chi connectivity index (χ1n) is 6.44. The van der Waals surface area contributed by atoms with E-state index in [4.69, 9.17) is 15.2 Å². The molecule has 112 valence electrons. The fourth-order valence-corrected chi connectivity index (χ4v) is 2.48. The highest BCUT2D eigenvalue weighted by molar-refractivity contribution is 5.97. The second-order valence-electron chi connectivity index (χ2n) is 4.60. The topological polar surface area (TPSA) is 64.8 Å². The van der Waals surface area contributed by atoms with Crippen molar-refractivity contribution < 1.29 is 14.3 Å². The number of hydrogen-bond acceptors (Lipinski definition) is 4. The summed E-state index contributed by atoms with van der Waals surface area (Å²) in [7, 11) is 3.14. The van der Waals surface area contributed by atoms with Gasteiger partial charge in [0.2, 0.25) is 0 Å². The molecule has 6 heteroatoms. The lowest BCUT2D eigenvalue weighted by Gasteiger charge is -2.24. The van der Waals surface area contributed by atoms with Crippen molar-refractivity contribution >= 4 is 18.3 Å². The van der Waals surface area contributed by atoms with Gasteiger partial charge < -0.3 is 20.1 Å². The van der Waals surface area contributed by atoms with Crippen molar-refractivity contribution in [2.45, 2.75) is 18.9 Å². The number of nitrogens with zero attached hydrogens (tertiary/aromatic N) is 1. The van der Waals surface area contributed by atoms with E-state index in [2.05, 4.69) is 0 Å². The first-order valence-corrected chi connectivity index (χ1v) is 6.44. The van der Waals surface area contributed by atoms with Crippen molar-refractivity contribution in [1.82, 2.24) is 4.90 Å². The van der Waals surface area contributed by atoms with Crippen LogP contribution in [0, 0.1) is 0 Å². The minimum atomic E-state index is -0.0382. The van der Waals surface area contributed by atoms with Crippen LogP contribution in [0.1, 0.15) is 23.2 Å². The van der Waals surface area contributed by atoms with Gasteiger partial charge in [-0.3, -0.25) is 4.79 Å². The van der Waals surface area contributed by atoms with Crippen LogP contribution < -0.4 is 15.2 Å². The lowest BCUT2D eigenvalue weighted by molar-refractivity contribution is 0.0737. The van der Waals surface area contributed by atoms with Crippen LogP contribution in [0.4, 0.5) is 0 Å². The largest absolute Gasteiger partial charge is 0.497 e. The molecule has 0 bridgehead atoms. The molecule has 5 nitrogen and oxygen atoms in total. The molecule has 1 fully saturated rings. The number of carbonyl (C=O) groups is 1. The number of ether oxygens (including phenoxy) is 2. The van der Waals surface area contributed by atoms with E-state index in [0.29, 0.717) is 23.6 Å². The van der Waals surface area contributed by atoms with Gasteiger partial charge in [0.05, 0.1) is 19.8 Å². The molecule has 1 amide bonds. The van der Waals surface area contributed by atoms with Crippen LogP contribution in [0.25, 0.3) is 0 Å². The second-order valence-corrected chi connectivity index (χ2v) is 4.60. The average Bonchev–Trinajstić information content (AvgIpc) is 2.94. The van der Waals surface area contributed by atoms with Crippen molar-refractivity contribution in [3.63, 3.8) is 0 Å². The van der Waals surface area contributed by atoms with E-state index in [9.17, 15) is 4.79 Å². The molecule has 0 aromatic heterocycles. The number of carbonyl (C=O) groups excluding carboxylic acids is 1. The van der Waals surface area contributed by atoms with Gasteiger partial charge in [0.25, 0.3) is 5.91 Å². The highest BCUT2D eigenvalue weighted by Crippen LogP contribution is 2.28. The molecule has 1 heterocycles. The molecule has 1 saturated heterocycles. The van der Waals surface area contributed by atoms with E-state index in [1.807, 2.05) is 4.90 Å². The molecular weight excluding hydrogens is 280 g/mol. The number of likely N-dealkylation sites (tertiary alicyclic amines) is 1. The molecule has 20 heavy (non-hydrogen) atoms. The van der Waals surface area contributed by atoms with Crippen LogP contribution in [0.3, 0.4) is 0 Å². The highest BCUT2D eigenvalue weighted by atomic mass is 35.5. The lowest BCUT2D eigenvalue weighted by atomic mass is 10.1. The predicted molar refractivity (Wildman–Crippen MR) is 79.9 cm³/mol. The third-order valence-electron chi connectivity index (χ3n) is 3.55. The Hall–Kier alpha value is -1.46. The number of amides is 1. The first-order chi connectivity index (χ1) is 9.21. The van der Waals surface area contributed by atoms with Gasteiger partial charge in [0.1, 0.15) is 11.5 Å². The summed E-state index contributed by atoms with van der Waals surface area (Å²) in [5.41, 5.74) is 6.25. The quantitative estimate of drug-likeness (QED) is 0.919. The number of hydrogen-bond donors (Lipinski definition) is 1. The summed E-state index contributed by atoms with van der Waals surface area (Å²) in [6, 6.07) is 5.37. The average molecular weight is 301 g/mol. The third kappa shape index (κ3) is 3.16. The molecular formula is C14H21ClN2O3. The number of nitrogens with two attached hydrogens (primary N) is 1. The maximum absolute atomic E-state index is 12.6. The van der Waals surface area contributed by atoms with Crippen molar-refractivity contribution in [1.29, 1.82) is 0 Å². The van der Waals surface area contributed by atoms with Crippen molar-refractivity contribution in [3.8, 4) is 11.5 Å². The zero-order valence-corrected chi connectivity index (χ0v) is 12.6. The van der Waals surface area contributed by atoms with Gasteiger partial charge >= 0.3 is 0 Å². The summed E-state index contributed by atoms with van der Waals surface area (Å²) in [5.74, 6) is 1.17. The standard InChI is InChI=1S/C14H20N2O3.ClH/c1-18-11-5-6-13(19-2)12(8-11)14(17)16-7-3-4-10(16)9-15;/h5-6,8,10H,3-4,7,9,15H2,1-2H3;1H. The molecule has 1 unspecified atom stereocenters. The van der Waals surface area contributed by atoms with Gasteiger partial charge in [0, 0.05) is 19.1 Å². The zero-order valence-electron chi connectivity index (χ0n) is 11.8. The van der Waals surface area contributed by atoms with E-state index in [0.717, 1.165) is 19.4 Å². The number of benzene rings is 1. The lowest BCUT2D eigenvalue weighted by Crippen LogP contribution is -2.40. The summed E-state index contributed by atoms with van der Waals surface area (Å²) in [6.07, 6.45) is 1.97. The van der Waals surface area contributed by atoms with Gasteiger partial charge in [-0.15, -0.1) is 12.4 Å². The molecule has 2 N–H and O–H groups in total. The van der Waals surface area contributed by atoms with Gasteiger partial charge in [-0.25, -0.2) is 0 Å². The summed E-state index contributed by atoms with van der Waals surface area (Å²) >= 11 is 0. The van der Waals surface area contributed by atoms with Gasteiger partial charge in [0.15, 0.2) is 0 Å². The SMILES string of the molecule is COc1ccc(OC)c(C(=O)N2CCCC2CN)c1.Cl. The predicted octanol–water partition coefficient (Wildman–Crippen LogP) is 1.69. The molecule has 1 aliphatic heterocycles. The van der Waals surface area contributed by atoms with Crippen molar-refractivity contribution in [2.24, 2.45) is 5.73 Å². The van der Waals surface area contributed by atoms with Crippen LogP contribution in [0.2, 0.25) is 0 Å². The third-order valence-corrected chi connectivity index (χ3v) is 3.55. The van der Waals surface area contributed by atoms with Crippen LogP contribution in [0.15, 0.2) is 18.2 Å². The fourth-order valence-electron chi connectivity index (χ4n) is 2.48. The monoisotopic (exact) mass is 300 g/mol. The Kier molecular flexibility index (Phi) is 6.10. The van der Waals surface area contributed by atoms with Gasteiger partial charge in [-0.2, -0.15) is 0 Å². The molecule has 1 atom stereocenters. The maximum Gasteiger partial charge on any atom is 0.258 e. The van der Waals surface area contributed by atoms with E-state index in [1.54, 1.807) is 32.4 Å². The van der Waals surface area contributed by atoms with E-state index in [1.165, 1.54) is 0 Å². The molecule has 1 aliphatic rings. The minimum absolute atomic E-state index is 0. The Morgan fingerprint density at radius 2 is 2.15 bits per heavy atom. The van der Waals surface area contributed by atoms with Crippen molar-refractivity contribution in [2.75, 3.05) is 27.3 Å². The Morgan fingerprint density at radius 3 is 2.75 bits per heavy atom. The van der Waals surface area contributed by atoms with E-state index >= 15 is 0 Å². The molecule has 0 spiro atoms. The number of rotatable bonds is 4. The Balaban J connectivity index is 0.00000200. The summed E-state index contributed by atoms with van der Waals surface area (Å²) in [4.78, 5) is 14.4. The normalized spacial score (nSPS) is 17.6. The smallest absolute Gasteiger partial charge is 0.258 e. The Bertz CT molecular complexity index is 468. The Labute approximate surface area is 125 Å². The van der Waals surface area contributed by atoms with Crippen LogP contribution in [-0.2, 0) is 0 Å². The molecule has 0 saturated carbocycles.